The molecular weight excluding hydrogens is 653 g/mol. The second-order valence-electron chi connectivity index (χ2n) is 15.8. The first kappa shape index (κ1) is 35.3. The average molecular weight is 698 g/mol. The maximum atomic E-state index is 14.4. The number of amides is 2. The molecule has 4 aliphatic rings. The number of aromatic nitrogens is 2. The Labute approximate surface area is 292 Å². The SMILES string of the molecule is C[C@H]1CCC2(Cc3nc(OC[C@@]45CCCN4C[C@H](F)C5)nc(Cl)c3CO2)c2c1ccc(N(C(=O)OC(C)(C)C)C(=O)OC(C)(C)C)c2C#N. The molecular formula is C36H45ClFN5O6. The van der Waals surface area contributed by atoms with Crippen molar-refractivity contribution in [1.82, 2.24) is 14.9 Å². The van der Waals surface area contributed by atoms with Crippen LogP contribution in [0.4, 0.5) is 19.7 Å². The van der Waals surface area contributed by atoms with Crippen LogP contribution in [0.5, 0.6) is 6.01 Å². The Balaban J connectivity index is 1.39. The third-order valence-corrected chi connectivity index (χ3v) is 10.2. The van der Waals surface area contributed by atoms with Crippen molar-refractivity contribution in [3.05, 3.63) is 45.2 Å². The lowest BCUT2D eigenvalue weighted by Gasteiger charge is -2.44. The molecule has 0 radical (unpaired) electrons. The van der Waals surface area contributed by atoms with E-state index in [4.69, 9.17) is 35.5 Å². The smallest absolute Gasteiger partial charge is 0.424 e. The molecule has 11 nitrogen and oxygen atoms in total. The summed E-state index contributed by atoms with van der Waals surface area (Å²) in [5.74, 6) is 0.0653. The van der Waals surface area contributed by atoms with E-state index < -0.39 is 35.2 Å². The van der Waals surface area contributed by atoms with Crippen LogP contribution in [0.1, 0.15) is 114 Å². The van der Waals surface area contributed by atoms with E-state index >= 15 is 0 Å². The molecule has 1 aromatic carbocycles. The van der Waals surface area contributed by atoms with Crippen molar-refractivity contribution in [2.24, 2.45) is 0 Å². The standard InChI is InChI=1S/C36H45ClFN5O6/c1-21-11-13-36(16-26-25(19-47-36)29(37)41-30(40-26)46-20-35-12-8-14-42(35)18-22(38)15-35)28-23(21)9-10-27(24(28)17-39)43(31(44)48-33(2,3)4)32(45)49-34(5,6)7/h9-10,21-22H,8,11-16,18-20H2,1-7H3/t21-,22+,35-,36?/m0/s1. The van der Waals surface area contributed by atoms with Gasteiger partial charge < -0.3 is 18.9 Å². The van der Waals surface area contributed by atoms with Crippen LogP contribution >= 0.6 is 11.6 Å². The second kappa shape index (κ2) is 12.7. The molecule has 4 atom stereocenters. The fraction of sp³-hybridized carbons (Fsp3) is 0.639. The molecule has 49 heavy (non-hydrogen) atoms. The monoisotopic (exact) mass is 697 g/mol. The number of benzene rings is 1. The van der Waals surface area contributed by atoms with E-state index in [-0.39, 0.29) is 53.5 Å². The van der Waals surface area contributed by atoms with Gasteiger partial charge in [-0.05, 0) is 91.3 Å². The van der Waals surface area contributed by atoms with Crippen molar-refractivity contribution in [2.75, 3.05) is 24.6 Å². The van der Waals surface area contributed by atoms with Gasteiger partial charge in [-0.2, -0.15) is 20.1 Å². The van der Waals surface area contributed by atoms with Gasteiger partial charge in [0.2, 0.25) is 0 Å². The quantitative estimate of drug-likeness (QED) is 0.296. The normalized spacial score (nSPS) is 26.4. The minimum absolute atomic E-state index is 0.0421. The van der Waals surface area contributed by atoms with E-state index in [0.717, 1.165) is 36.3 Å². The molecule has 0 bridgehead atoms. The Morgan fingerprint density at radius 3 is 2.49 bits per heavy atom. The summed E-state index contributed by atoms with van der Waals surface area (Å²) in [6.45, 7) is 13.8. The summed E-state index contributed by atoms with van der Waals surface area (Å²) >= 11 is 6.68. The number of fused-ring (bicyclic) bond motifs is 4. The van der Waals surface area contributed by atoms with Gasteiger partial charge in [0, 0.05) is 30.5 Å². The minimum Gasteiger partial charge on any atom is -0.461 e. The van der Waals surface area contributed by atoms with Gasteiger partial charge in [0.25, 0.3) is 0 Å². The van der Waals surface area contributed by atoms with Gasteiger partial charge in [0.15, 0.2) is 0 Å². The number of imide groups is 1. The molecule has 4 heterocycles. The van der Waals surface area contributed by atoms with Gasteiger partial charge in [0.05, 0.1) is 29.1 Å². The molecule has 2 amide bonds. The van der Waals surface area contributed by atoms with Gasteiger partial charge >= 0.3 is 18.2 Å². The molecule has 13 heteroatoms. The van der Waals surface area contributed by atoms with Crippen LogP contribution in [0.15, 0.2) is 12.1 Å². The topological polar surface area (TPSA) is 127 Å². The summed E-state index contributed by atoms with van der Waals surface area (Å²) in [5.41, 5.74) is -0.370. The molecule has 3 aliphatic heterocycles. The van der Waals surface area contributed by atoms with Crippen molar-refractivity contribution < 1.29 is 32.9 Å². The van der Waals surface area contributed by atoms with Gasteiger partial charge in [-0.3, -0.25) is 4.90 Å². The highest BCUT2D eigenvalue weighted by Crippen LogP contribution is 2.51. The first-order valence-electron chi connectivity index (χ1n) is 17.0. The summed E-state index contributed by atoms with van der Waals surface area (Å²) in [6.07, 6.45) is 1.00. The van der Waals surface area contributed by atoms with Crippen LogP contribution < -0.4 is 9.64 Å². The van der Waals surface area contributed by atoms with E-state index in [1.54, 1.807) is 47.6 Å². The predicted octanol–water partition coefficient (Wildman–Crippen LogP) is 7.50. The van der Waals surface area contributed by atoms with Crippen molar-refractivity contribution >= 4 is 29.5 Å². The summed E-state index contributed by atoms with van der Waals surface area (Å²) in [7, 11) is 0. The summed E-state index contributed by atoms with van der Waals surface area (Å²) in [4.78, 5) is 39.4. The van der Waals surface area contributed by atoms with Crippen molar-refractivity contribution in [3.8, 4) is 12.1 Å². The highest BCUT2D eigenvalue weighted by Gasteiger charge is 2.50. The molecule has 1 unspecified atom stereocenters. The Morgan fingerprint density at radius 2 is 1.84 bits per heavy atom. The van der Waals surface area contributed by atoms with Gasteiger partial charge in [-0.15, -0.1) is 0 Å². The number of nitriles is 1. The number of hydrogen-bond acceptors (Lipinski definition) is 10. The van der Waals surface area contributed by atoms with Gasteiger partial charge in [-0.25, -0.2) is 14.0 Å². The first-order chi connectivity index (χ1) is 22.9. The molecule has 1 spiro atoms. The van der Waals surface area contributed by atoms with Gasteiger partial charge in [0.1, 0.15) is 40.8 Å². The Hall–Kier alpha value is -3.53. The predicted molar refractivity (Wildman–Crippen MR) is 180 cm³/mol. The van der Waals surface area contributed by atoms with Crippen LogP contribution in [0.3, 0.4) is 0 Å². The Kier molecular flexibility index (Phi) is 9.12. The molecule has 1 aromatic heterocycles. The number of halogens is 2. The lowest BCUT2D eigenvalue weighted by atomic mass is 9.69. The van der Waals surface area contributed by atoms with Crippen LogP contribution in [-0.2, 0) is 32.8 Å². The number of anilines is 1. The lowest BCUT2D eigenvalue weighted by Crippen LogP contribution is -2.45. The van der Waals surface area contributed by atoms with Crippen LogP contribution in [0.2, 0.25) is 5.15 Å². The summed E-state index contributed by atoms with van der Waals surface area (Å²) < 4.78 is 38.5. The van der Waals surface area contributed by atoms with E-state index in [1.807, 2.05) is 6.07 Å². The zero-order valence-corrected chi connectivity index (χ0v) is 30.1. The molecule has 2 fully saturated rings. The lowest BCUT2D eigenvalue weighted by molar-refractivity contribution is -0.0875. The Bertz CT molecular complexity index is 1670. The molecule has 1 aliphatic carbocycles. The number of ether oxygens (including phenoxy) is 4. The largest absolute Gasteiger partial charge is 0.461 e. The Morgan fingerprint density at radius 1 is 1.14 bits per heavy atom. The minimum atomic E-state index is -1.02. The third kappa shape index (κ3) is 6.82. The number of rotatable bonds is 4. The average Bonchev–Trinajstić information content (AvgIpc) is 3.51. The fourth-order valence-electron chi connectivity index (χ4n) is 7.76. The molecule has 2 aromatic rings. The van der Waals surface area contributed by atoms with Crippen LogP contribution in [-0.4, -0.2) is 69.7 Å². The van der Waals surface area contributed by atoms with E-state index in [1.165, 1.54) is 0 Å². The summed E-state index contributed by atoms with van der Waals surface area (Å²) in [5, 5.41) is 11.0. The molecule has 0 N–H and O–H groups in total. The number of nitrogens with zero attached hydrogens (tertiary/aromatic N) is 5. The third-order valence-electron chi connectivity index (χ3n) is 9.89. The molecule has 0 saturated carbocycles. The number of carbonyl (C=O) groups is 2. The number of carbonyl (C=O) groups excluding carboxylic acids is 2. The van der Waals surface area contributed by atoms with Crippen molar-refractivity contribution in [1.29, 1.82) is 5.26 Å². The van der Waals surface area contributed by atoms with E-state index in [2.05, 4.69) is 22.9 Å². The molecule has 6 rings (SSSR count). The fourth-order valence-corrected chi connectivity index (χ4v) is 7.99. The van der Waals surface area contributed by atoms with Crippen LogP contribution in [0.25, 0.3) is 0 Å². The highest BCUT2D eigenvalue weighted by atomic mass is 35.5. The maximum Gasteiger partial charge on any atom is 0.424 e. The zero-order valence-electron chi connectivity index (χ0n) is 29.3. The van der Waals surface area contributed by atoms with E-state index in [9.17, 15) is 19.2 Å². The van der Waals surface area contributed by atoms with Crippen LogP contribution in [0, 0.1) is 11.3 Å². The molecule has 2 saturated heterocycles. The van der Waals surface area contributed by atoms with Crippen molar-refractivity contribution in [2.45, 2.75) is 128 Å². The van der Waals surface area contributed by atoms with E-state index in [0.29, 0.717) is 36.2 Å². The second-order valence-corrected chi connectivity index (χ2v) is 16.2. The first-order valence-corrected chi connectivity index (χ1v) is 17.4. The maximum absolute atomic E-state index is 14.4. The number of alkyl halides is 1. The summed E-state index contributed by atoms with van der Waals surface area (Å²) in [6, 6.07) is 5.85. The zero-order chi connectivity index (χ0) is 35.5. The van der Waals surface area contributed by atoms with Crippen molar-refractivity contribution in [3.63, 3.8) is 0 Å². The highest BCUT2D eigenvalue weighted by molar-refractivity contribution is 6.30. The van der Waals surface area contributed by atoms with Gasteiger partial charge in [-0.1, -0.05) is 24.6 Å². The molecule has 264 valence electrons. The number of hydrogen-bond donors (Lipinski definition) is 0.